The zero-order valence-electron chi connectivity index (χ0n) is 7.23. The number of nitrogens with one attached hydrogen (secondary N) is 1. The van der Waals surface area contributed by atoms with Crippen molar-refractivity contribution >= 4 is 24.6 Å². The maximum Gasteiger partial charge on any atom is 0.320 e. The van der Waals surface area contributed by atoms with E-state index in [9.17, 15) is 9.59 Å². The quantitative estimate of drug-likeness (QED) is 0.454. The lowest BCUT2D eigenvalue weighted by Crippen LogP contribution is -2.45. The molecule has 2 unspecified atom stereocenters. The van der Waals surface area contributed by atoms with Crippen molar-refractivity contribution in [3.05, 3.63) is 0 Å². The minimum atomic E-state index is -1.06. The number of thiol groups is 1. The van der Waals surface area contributed by atoms with Crippen molar-refractivity contribution in [3.8, 4) is 0 Å². The molecule has 0 radical (unpaired) electrons. The standard InChI is InChI=1S/C7H13NO4S/c1-4(6(9)10)8-5(2-3-13)7(11)12/h4-5,8,13H,2-3H2,1H3,(H,9,10)(H,11,12). The van der Waals surface area contributed by atoms with E-state index < -0.39 is 24.0 Å². The molecule has 13 heavy (non-hydrogen) atoms. The van der Waals surface area contributed by atoms with Crippen LogP contribution < -0.4 is 5.32 Å². The van der Waals surface area contributed by atoms with Crippen molar-refractivity contribution in [2.24, 2.45) is 0 Å². The number of rotatable bonds is 6. The Kier molecular flexibility index (Phi) is 5.48. The van der Waals surface area contributed by atoms with Gasteiger partial charge in [-0.05, 0) is 19.1 Å². The number of carboxylic acid groups (broad SMARTS) is 2. The average Bonchev–Trinajstić information content (AvgIpc) is 2.03. The van der Waals surface area contributed by atoms with E-state index in [2.05, 4.69) is 17.9 Å². The van der Waals surface area contributed by atoms with E-state index in [1.54, 1.807) is 0 Å². The van der Waals surface area contributed by atoms with E-state index in [4.69, 9.17) is 10.2 Å². The fourth-order valence-corrected chi connectivity index (χ4v) is 1.04. The molecule has 0 aromatic rings. The number of carbonyl (C=O) groups is 2. The molecule has 0 aromatic carbocycles. The highest BCUT2D eigenvalue weighted by Gasteiger charge is 2.21. The zero-order valence-corrected chi connectivity index (χ0v) is 8.12. The van der Waals surface area contributed by atoms with E-state index in [0.717, 1.165) is 0 Å². The van der Waals surface area contributed by atoms with Crippen LogP contribution in [0.3, 0.4) is 0 Å². The molecule has 5 nitrogen and oxygen atoms in total. The average molecular weight is 207 g/mol. The predicted octanol–water partition coefficient (Wildman–Crippen LogP) is -0.178. The zero-order chi connectivity index (χ0) is 10.4. The van der Waals surface area contributed by atoms with Gasteiger partial charge in [-0.3, -0.25) is 14.9 Å². The van der Waals surface area contributed by atoms with Gasteiger partial charge in [0, 0.05) is 0 Å². The van der Waals surface area contributed by atoms with E-state index in [0.29, 0.717) is 12.2 Å². The van der Waals surface area contributed by atoms with Crippen molar-refractivity contribution in [3.63, 3.8) is 0 Å². The maximum atomic E-state index is 10.6. The lowest BCUT2D eigenvalue weighted by Gasteiger charge is -2.16. The van der Waals surface area contributed by atoms with Crippen molar-refractivity contribution in [2.45, 2.75) is 25.4 Å². The van der Waals surface area contributed by atoms with Crippen molar-refractivity contribution in [1.82, 2.24) is 5.32 Å². The van der Waals surface area contributed by atoms with Crippen LogP contribution in [-0.2, 0) is 9.59 Å². The second kappa shape index (κ2) is 5.82. The lowest BCUT2D eigenvalue weighted by molar-refractivity contribution is -0.142. The van der Waals surface area contributed by atoms with Gasteiger partial charge in [0.05, 0.1) is 0 Å². The summed E-state index contributed by atoms with van der Waals surface area (Å²) in [6.45, 7) is 1.40. The number of aliphatic carboxylic acids is 2. The van der Waals surface area contributed by atoms with Crippen LogP contribution in [0.5, 0.6) is 0 Å². The van der Waals surface area contributed by atoms with Crippen LogP contribution in [0.1, 0.15) is 13.3 Å². The highest BCUT2D eigenvalue weighted by molar-refractivity contribution is 7.80. The van der Waals surface area contributed by atoms with Crippen LogP contribution in [0.25, 0.3) is 0 Å². The Labute approximate surface area is 81.5 Å². The molecule has 0 heterocycles. The third kappa shape index (κ3) is 4.74. The smallest absolute Gasteiger partial charge is 0.320 e. The van der Waals surface area contributed by atoms with Crippen LogP contribution in [0.15, 0.2) is 0 Å². The maximum absolute atomic E-state index is 10.6. The molecule has 0 aromatic heterocycles. The molecule has 76 valence electrons. The summed E-state index contributed by atoms with van der Waals surface area (Å²) >= 11 is 3.88. The molecule has 0 spiro atoms. The lowest BCUT2D eigenvalue weighted by atomic mass is 10.2. The summed E-state index contributed by atoms with van der Waals surface area (Å²) in [4.78, 5) is 20.9. The molecule has 0 rings (SSSR count). The summed E-state index contributed by atoms with van der Waals surface area (Å²) in [5, 5.41) is 19.6. The minimum absolute atomic E-state index is 0.302. The first kappa shape index (κ1) is 12.2. The Morgan fingerprint density at radius 2 is 1.92 bits per heavy atom. The van der Waals surface area contributed by atoms with Crippen LogP contribution in [0, 0.1) is 0 Å². The monoisotopic (exact) mass is 207 g/mol. The first-order valence-corrected chi connectivity index (χ1v) is 4.44. The molecule has 0 saturated heterocycles. The molecule has 2 atom stereocenters. The molecular formula is C7H13NO4S. The van der Waals surface area contributed by atoms with Gasteiger partial charge in [-0.1, -0.05) is 0 Å². The van der Waals surface area contributed by atoms with Crippen molar-refractivity contribution in [1.29, 1.82) is 0 Å². The fraction of sp³-hybridized carbons (Fsp3) is 0.714. The van der Waals surface area contributed by atoms with Crippen LogP contribution in [0.4, 0.5) is 0 Å². The van der Waals surface area contributed by atoms with Gasteiger partial charge in [0.1, 0.15) is 12.1 Å². The van der Waals surface area contributed by atoms with E-state index in [-0.39, 0.29) is 0 Å². The molecule has 6 heteroatoms. The molecular weight excluding hydrogens is 194 g/mol. The Balaban J connectivity index is 4.09. The van der Waals surface area contributed by atoms with E-state index in [1.807, 2.05) is 0 Å². The first-order chi connectivity index (χ1) is 5.99. The number of hydrogen-bond donors (Lipinski definition) is 4. The highest BCUT2D eigenvalue weighted by atomic mass is 32.1. The van der Waals surface area contributed by atoms with Gasteiger partial charge in [0.25, 0.3) is 0 Å². The Morgan fingerprint density at radius 1 is 1.38 bits per heavy atom. The summed E-state index contributed by atoms with van der Waals surface area (Å²) in [5.74, 6) is -1.72. The molecule has 0 saturated carbocycles. The predicted molar refractivity (Wildman–Crippen MR) is 50.1 cm³/mol. The minimum Gasteiger partial charge on any atom is -0.480 e. The largest absolute Gasteiger partial charge is 0.480 e. The first-order valence-electron chi connectivity index (χ1n) is 3.81. The van der Waals surface area contributed by atoms with Crippen LogP contribution in [0.2, 0.25) is 0 Å². The highest BCUT2D eigenvalue weighted by Crippen LogP contribution is 1.97. The molecule has 0 amide bonds. The summed E-state index contributed by atoms with van der Waals surface area (Å²) in [7, 11) is 0. The van der Waals surface area contributed by atoms with Gasteiger partial charge >= 0.3 is 11.9 Å². The van der Waals surface area contributed by atoms with Crippen molar-refractivity contribution < 1.29 is 19.8 Å². The summed E-state index contributed by atoms with van der Waals surface area (Å²) in [5.41, 5.74) is 0. The summed E-state index contributed by atoms with van der Waals surface area (Å²) in [6.07, 6.45) is 0.302. The molecule has 0 aliphatic heterocycles. The summed E-state index contributed by atoms with van der Waals surface area (Å²) < 4.78 is 0. The molecule has 0 bridgehead atoms. The van der Waals surface area contributed by atoms with E-state index >= 15 is 0 Å². The topological polar surface area (TPSA) is 86.6 Å². The Hall–Kier alpha value is -0.750. The van der Waals surface area contributed by atoms with Gasteiger partial charge in [0.15, 0.2) is 0 Å². The van der Waals surface area contributed by atoms with Gasteiger partial charge in [-0.2, -0.15) is 12.6 Å². The second-order valence-corrected chi connectivity index (χ2v) is 3.08. The molecule has 0 aliphatic rings. The number of carboxylic acids is 2. The van der Waals surface area contributed by atoms with Crippen molar-refractivity contribution in [2.75, 3.05) is 5.75 Å². The molecule has 0 fully saturated rings. The van der Waals surface area contributed by atoms with E-state index in [1.165, 1.54) is 6.92 Å². The fourth-order valence-electron chi connectivity index (χ4n) is 0.780. The SMILES string of the molecule is CC(NC(CCS)C(=O)O)C(=O)O. The number of hydrogen-bond acceptors (Lipinski definition) is 4. The Morgan fingerprint density at radius 3 is 2.23 bits per heavy atom. The Bertz CT molecular complexity index is 197. The molecule has 3 N–H and O–H groups in total. The third-order valence-electron chi connectivity index (χ3n) is 1.54. The third-order valence-corrected chi connectivity index (χ3v) is 1.80. The normalized spacial score (nSPS) is 14.9. The second-order valence-electron chi connectivity index (χ2n) is 2.63. The van der Waals surface area contributed by atoms with Gasteiger partial charge in [-0.15, -0.1) is 0 Å². The van der Waals surface area contributed by atoms with Crippen LogP contribution in [-0.4, -0.2) is 40.0 Å². The summed E-state index contributed by atoms with van der Waals surface area (Å²) in [6, 6.07) is -1.70. The van der Waals surface area contributed by atoms with Gasteiger partial charge in [0.2, 0.25) is 0 Å². The molecule has 0 aliphatic carbocycles. The van der Waals surface area contributed by atoms with Gasteiger partial charge in [-0.25, -0.2) is 0 Å². The van der Waals surface area contributed by atoms with Crippen LogP contribution >= 0.6 is 12.6 Å². The van der Waals surface area contributed by atoms with Gasteiger partial charge < -0.3 is 10.2 Å².